The number of ether oxygens (including phenoxy) is 1. The molecule has 0 fully saturated rings. The van der Waals surface area contributed by atoms with Crippen molar-refractivity contribution in [1.29, 1.82) is 0 Å². The van der Waals surface area contributed by atoms with E-state index >= 15 is 0 Å². The van der Waals surface area contributed by atoms with Gasteiger partial charge >= 0.3 is 0 Å². The monoisotopic (exact) mass is 148 g/mol. The van der Waals surface area contributed by atoms with Crippen LogP contribution in [-0.2, 0) is 6.42 Å². The summed E-state index contributed by atoms with van der Waals surface area (Å²) in [6.07, 6.45) is 2.34. The zero-order valence-electron chi connectivity index (χ0n) is 6.98. The first kappa shape index (κ1) is 6.71. The molecule has 1 aliphatic rings. The van der Waals surface area contributed by atoms with Crippen molar-refractivity contribution in [1.82, 2.24) is 0 Å². The zero-order valence-corrected chi connectivity index (χ0v) is 6.98. The summed E-state index contributed by atoms with van der Waals surface area (Å²) in [7, 11) is 0. The van der Waals surface area contributed by atoms with Crippen LogP contribution in [0.15, 0.2) is 12.1 Å². The van der Waals surface area contributed by atoms with Gasteiger partial charge in [0.2, 0.25) is 0 Å². The molecule has 0 N–H and O–H groups in total. The molecule has 2 rings (SSSR count). The predicted molar refractivity (Wildman–Crippen MR) is 45.2 cm³/mol. The third-order valence-electron chi connectivity index (χ3n) is 2.13. The summed E-state index contributed by atoms with van der Waals surface area (Å²) in [6, 6.07) is 4.18. The maximum Gasteiger partial charge on any atom is 0.173 e. The van der Waals surface area contributed by atoms with E-state index in [-0.39, 0.29) is 0 Å². The van der Waals surface area contributed by atoms with Crippen molar-refractivity contribution >= 4 is 0 Å². The van der Waals surface area contributed by atoms with Crippen LogP contribution in [0, 0.1) is 6.92 Å². The molecule has 0 saturated heterocycles. The third kappa shape index (κ3) is 1.01. The molecule has 1 nitrogen and oxygen atoms in total. The minimum Gasteiger partial charge on any atom is -0.449 e. The average Bonchev–Trinajstić information content (AvgIpc) is 2.74. The Hall–Kier alpha value is -0.980. The number of fused-ring (bicyclic) bond motifs is 1. The molecule has 0 unspecified atom stereocenters. The number of benzene rings is 1. The van der Waals surface area contributed by atoms with Gasteiger partial charge < -0.3 is 4.74 Å². The van der Waals surface area contributed by atoms with Gasteiger partial charge in [0.1, 0.15) is 0 Å². The number of hydrogen-bond donors (Lipinski definition) is 0. The topological polar surface area (TPSA) is 12.5 Å². The Balaban J connectivity index is 2.39. The summed E-state index contributed by atoms with van der Waals surface area (Å²) in [5.74, 6) is 2.23. The van der Waals surface area contributed by atoms with Gasteiger partial charge in [0.25, 0.3) is 0 Å². The van der Waals surface area contributed by atoms with E-state index in [0.717, 1.165) is 17.9 Å². The lowest BCUT2D eigenvalue weighted by molar-refractivity contribution is 0.642. The van der Waals surface area contributed by atoms with Crippen molar-refractivity contribution in [3.05, 3.63) is 23.3 Å². The van der Waals surface area contributed by atoms with E-state index in [2.05, 4.69) is 19.9 Å². The van der Waals surface area contributed by atoms with Crippen LogP contribution in [0.5, 0.6) is 11.5 Å². The second-order valence-electron chi connectivity index (χ2n) is 3.04. The molecule has 0 aromatic heterocycles. The van der Waals surface area contributed by atoms with Crippen LogP contribution >= 0.6 is 0 Å². The van der Waals surface area contributed by atoms with Crippen LogP contribution in [0.1, 0.15) is 24.5 Å². The van der Waals surface area contributed by atoms with E-state index in [1.807, 2.05) is 6.07 Å². The van der Waals surface area contributed by atoms with Crippen molar-refractivity contribution in [2.45, 2.75) is 26.7 Å². The van der Waals surface area contributed by atoms with E-state index < -0.39 is 0 Å². The van der Waals surface area contributed by atoms with Crippen LogP contribution in [0.4, 0.5) is 0 Å². The van der Waals surface area contributed by atoms with Crippen LogP contribution in [0.3, 0.4) is 0 Å². The van der Waals surface area contributed by atoms with Gasteiger partial charge in [0.15, 0.2) is 11.5 Å². The fourth-order valence-corrected chi connectivity index (χ4v) is 1.45. The SMILES string of the molecule is CCCc1c(C)ccc2c1O2. The molecule has 1 heteroatoms. The van der Waals surface area contributed by atoms with Crippen LogP contribution in [-0.4, -0.2) is 0 Å². The van der Waals surface area contributed by atoms with Gasteiger partial charge in [-0.05, 0) is 25.0 Å². The fraction of sp³-hybridized carbons (Fsp3) is 0.400. The normalized spacial score (nSPS) is 12.2. The highest BCUT2D eigenvalue weighted by molar-refractivity contribution is 5.61. The highest BCUT2D eigenvalue weighted by Crippen LogP contribution is 2.49. The molecule has 1 aromatic carbocycles. The van der Waals surface area contributed by atoms with Gasteiger partial charge in [-0.2, -0.15) is 0 Å². The minimum absolute atomic E-state index is 1.08. The van der Waals surface area contributed by atoms with Gasteiger partial charge in [0, 0.05) is 5.56 Å². The van der Waals surface area contributed by atoms with E-state index in [9.17, 15) is 0 Å². The molecule has 0 amide bonds. The Morgan fingerprint density at radius 2 is 2.18 bits per heavy atom. The number of aryl methyl sites for hydroxylation is 1. The minimum atomic E-state index is 1.08. The van der Waals surface area contributed by atoms with E-state index in [1.54, 1.807) is 0 Å². The Bertz CT molecular complexity index is 285. The lowest BCUT2D eigenvalue weighted by Crippen LogP contribution is -1.83. The first-order valence-electron chi connectivity index (χ1n) is 4.13. The van der Waals surface area contributed by atoms with E-state index in [1.165, 1.54) is 17.5 Å². The van der Waals surface area contributed by atoms with Crippen LogP contribution < -0.4 is 4.74 Å². The summed E-state index contributed by atoms with van der Waals surface area (Å²) < 4.78 is 5.30. The van der Waals surface area contributed by atoms with Crippen LogP contribution in [0.25, 0.3) is 0 Å². The highest BCUT2D eigenvalue weighted by atomic mass is 16.6. The molecular weight excluding hydrogens is 136 g/mol. The molecule has 11 heavy (non-hydrogen) atoms. The van der Waals surface area contributed by atoms with Crippen molar-refractivity contribution in [2.24, 2.45) is 0 Å². The third-order valence-corrected chi connectivity index (χ3v) is 2.13. The standard InChI is InChI=1S/C10H12O/c1-3-4-8-7(2)5-6-9-10(8)11-9/h5-6H,3-4H2,1-2H3. The van der Waals surface area contributed by atoms with Gasteiger partial charge in [-0.25, -0.2) is 0 Å². The smallest absolute Gasteiger partial charge is 0.173 e. The molecule has 0 radical (unpaired) electrons. The Labute approximate surface area is 67.0 Å². The van der Waals surface area contributed by atoms with Crippen molar-refractivity contribution in [3.63, 3.8) is 0 Å². The molecule has 1 heterocycles. The van der Waals surface area contributed by atoms with Gasteiger partial charge in [-0.3, -0.25) is 0 Å². The first-order valence-corrected chi connectivity index (χ1v) is 4.13. The van der Waals surface area contributed by atoms with Crippen molar-refractivity contribution < 1.29 is 4.74 Å². The molecule has 0 spiro atoms. The molecule has 1 aliphatic heterocycles. The van der Waals surface area contributed by atoms with E-state index in [4.69, 9.17) is 4.74 Å². The molecule has 0 saturated carbocycles. The quantitative estimate of drug-likeness (QED) is 0.596. The van der Waals surface area contributed by atoms with E-state index in [0.29, 0.717) is 0 Å². The highest BCUT2D eigenvalue weighted by Gasteiger charge is 2.24. The fourth-order valence-electron chi connectivity index (χ4n) is 1.45. The number of hydrogen-bond acceptors (Lipinski definition) is 1. The van der Waals surface area contributed by atoms with Crippen molar-refractivity contribution in [2.75, 3.05) is 0 Å². The van der Waals surface area contributed by atoms with Gasteiger partial charge in [-0.1, -0.05) is 19.4 Å². The Kier molecular flexibility index (Phi) is 1.38. The lowest BCUT2D eigenvalue weighted by atomic mass is 10.1. The molecule has 0 aliphatic carbocycles. The molecule has 58 valence electrons. The van der Waals surface area contributed by atoms with Crippen LogP contribution in [0.2, 0.25) is 0 Å². The summed E-state index contributed by atoms with van der Waals surface area (Å²) in [5, 5.41) is 0. The van der Waals surface area contributed by atoms with Crippen molar-refractivity contribution in [3.8, 4) is 11.5 Å². The largest absolute Gasteiger partial charge is 0.449 e. The Morgan fingerprint density at radius 3 is 2.91 bits per heavy atom. The summed E-state index contributed by atoms with van der Waals surface area (Å²) >= 11 is 0. The maximum atomic E-state index is 5.30. The van der Waals surface area contributed by atoms with Gasteiger partial charge in [0.05, 0.1) is 0 Å². The molecule has 0 bridgehead atoms. The zero-order chi connectivity index (χ0) is 7.84. The summed E-state index contributed by atoms with van der Waals surface area (Å²) in [6.45, 7) is 4.34. The maximum absolute atomic E-state index is 5.30. The average molecular weight is 148 g/mol. The molecule has 0 atom stereocenters. The summed E-state index contributed by atoms with van der Waals surface area (Å²) in [4.78, 5) is 0. The summed E-state index contributed by atoms with van der Waals surface area (Å²) in [5.41, 5.74) is 2.77. The lowest BCUT2D eigenvalue weighted by Gasteiger charge is -1.97. The predicted octanol–water partition coefficient (Wildman–Crippen LogP) is 3.05. The second kappa shape index (κ2) is 2.26. The Morgan fingerprint density at radius 1 is 1.36 bits per heavy atom. The molecule has 1 aromatic rings. The number of rotatable bonds is 2. The first-order chi connectivity index (χ1) is 5.33. The second-order valence-corrected chi connectivity index (χ2v) is 3.04. The molecular formula is C10H12O. The van der Waals surface area contributed by atoms with Gasteiger partial charge in [-0.15, -0.1) is 0 Å².